The van der Waals surface area contributed by atoms with Crippen LogP contribution in [0.2, 0.25) is 0 Å². The molecule has 1 aromatic carbocycles. The third-order valence-corrected chi connectivity index (χ3v) is 6.42. The van der Waals surface area contributed by atoms with Gasteiger partial charge >= 0.3 is 0 Å². The summed E-state index contributed by atoms with van der Waals surface area (Å²) in [6, 6.07) is 2.81. The standard InChI is InChI=1S/C18H17NO6S/c1-10-12(18-14(21)4-3-5-15(18)22)6-7-16-17(10)13(19-25-2)8-11(9-20)26(16,23)24/h6-7,21H,3-5,8H2,1-2H3. The molecule has 26 heavy (non-hydrogen) atoms. The van der Waals surface area contributed by atoms with Crippen molar-refractivity contribution in [3.8, 4) is 0 Å². The van der Waals surface area contributed by atoms with E-state index in [4.69, 9.17) is 4.84 Å². The Labute approximate surface area is 150 Å². The molecule has 0 unspecified atom stereocenters. The van der Waals surface area contributed by atoms with Gasteiger partial charge in [-0.05, 0) is 30.5 Å². The van der Waals surface area contributed by atoms with Gasteiger partial charge in [0.1, 0.15) is 23.7 Å². The number of allylic oxidation sites excluding steroid dienone is 3. The molecule has 0 fully saturated rings. The number of hydrogen-bond acceptors (Lipinski definition) is 7. The molecule has 0 atom stereocenters. The Bertz CT molecular complexity index is 1030. The Morgan fingerprint density at radius 1 is 1.27 bits per heavy atom. The van der Waals surface area contributed by atoms with Crippen LogP contribution in [0.25, 0.3) is 5.57 Å². The number of rotatable bonds is 2. The van der Waals surface area contributed by atoms with Gasteiger partial charge in [0.25, 0.3) is 0 Å². The van der Waals surface area contributed by atoms with Crippen molar-refractivity contribution in [3.05, 3.63) is 39.5 Å². The number of sulfone groups is 1. The number of ketones is 1. The molecule has 1 heterocycles. The molecule has 1 N–H and O–H groups in total. The monoisotopic (exact) mass is 375 g/mol. The highest BCUT2D eigenvalue weighted by Crippen LogP contribution is 2.38. The lowest BCUT2D eigenvalue weighted by Crippen LogP contribution is -2.23. The quantitative estimate of drug-likeness (QED) is 0.627. The van der Waals surface area contributed by atoms with Crippen molar-refractivity contribution in [2.24, 2.45) is 5.16 Å². The first-order valence-electron chi connectivity index (χ1n) is 8.01. The van der Waals surface area contributed by atoms with E-state index < -0.39 is 14.7 Å². The summed E-state index contributed by atoms with van der Waals surface area (Å²) in [5.74, 6) is 1.29. The summed E-state index contributed by atoms with van der Waals surface area (Å²) in [5.41, 5.74) is 1.72. The fourth-order valence-electron chi connectivity index (χ4n) is 3.42. The minimum atomic E-state index is -3.99. The van der Waals surface area contributed by atoms with E-state index in [1.165, 1.54) is 25.2 Å². The van der Waals surface area contributed by atoms with E-state index in [2.05, 4.69) is 5.16 Å². The lowest BCUT2D eigenvalue weighted by atomic mass is 9.86. The molecule has 0 radical (unpaired) electrons. The van der Waals surface area contributed by atoms with Crippen molar-refractivity contribution in [1.82, 2.24) is 0 Å². The Balaban J connectivity index is 2.35. The van der Waals surface area contributed by atoms with Gasteiger partial charge in [-0.25, -0.2) is 13.2 Å². The zero-order valence-electron chi connectivity index (χ0n) is 14.3. The number of fused-ring (bicyclic) bond motifs is 1. The molecule has 2 aliphatic rings. The molecule has 0 aromatic heterocycles. The van der Waals surface area contributed by atoms with Crippen LogP contribution in [0.4, 0.5) is 0 Å². The molecular formula is C18H17NO6S. The highest BCUT2D eigenvalue weighted by atomic mass is 32.2. The summed E-state index contributed by atoms with van der Waals surface area (Å²) in [7, 11) is -2.67. The van der Waals surface area contributed by atoms with Crippen LogP contribution in [-0.4, -0.2) is 38.1 Å². The number of nitrogens with zero attached hydrogens (tertiary/aromatic N) is 1. The second kappa shape index (κ2) is 6.55. The summed E-state index contributed by atoms with van der Waals surface area (Å²) in [6.07, 6.45) is 1.06. The second-order valence-electron chi connectivity index (χ2n) is 6.14. The molecular weight excluding hydrogens is 358 g/mol. The van der Waals surface area contributed by atoms with E-state index in [1.807, 2.05) is 0 Å². The minimum absolute atomic E-state index is 0.00155. The molecule has 7 nitrogen and oxygen atoms in total. The molecule has 136 valence electrons. The van der Waals surface area contributed by atoms with Gasteiger partial charge in [-0.2, -0.15) is 0 Å². The molecule has 3 rings (SSSR count). The average molecular weight is 375 g/mol. The fourth-order valence-corrected chi connectivity index (χ4v) is 4.91. The summed E-state index contributed by atoms with van der Waals surface area (Å²) >= 11 is 0. The minimum Gasteiger partial charge on any atom is -0.512 e. The lowest BCUT2D eigenvalue weighted by Gasteiger charge is -2.24. The van der Waals surface area contributed by atoms with Crippen LogP contribution >= 0.6 is 0 Å². The molecule has 0 spiro atoms. The topological polar surface area (TPSA) is 110 Å². The van der Waals surface area contributed by atoms with Crippen LogP contribution in [0.1, 0.15) is 42.4 Å². The van der Waals surface area contributed by atoms with Crippen LogP contribution in [0.3, 0.4) is 0 Å². The van der Waals surface area contributed by atoms with Crippen molar-refractivity contribution in [1.29, 1.82) is 0 Å². The summed E-state index contributed by atoms with van der Waals surface area (Å²) in [4.78, 5) is 27.7. The van der Waals surface area contributed by atoms with Crippen LogP contribution in [0, 0.1) is 6.92 Å². The van der Waals surface area contributed by atoms with Crippen molar-refractivity contribution in [2.75, 3.05) is 7.11 Å². The highest BCUT2D eigenvalue weighted by molar-refractivity contribution is 7.95. The van der Waals surface area contributed by atoms with Gasteiger partial charge in [-0.1, -0.05) is 11.2 Å². The van der Waals surface area contributed by atoms with E-state index in [0.717, 1.165) is 0 Å². The number of oxime groups is 1. The van der Waals surface area contributed by atoms with E-state index in [1.54, 1.807) is 6.92 Å². The SMILES string of the molecule is CON=C1CC(=C=O)S(=O)(=O)c2ccc(C3=C(O)CCCC3=O)c(C)c21. The predicted octanol–water partition coefficient (Wildman–Crippen LogP) is 2.26. The predicted molar refractivity (Wildman–Crippen MR) is 94.1 cm³/mol. The molecule has 8 heteroatoms. The highest BCUT2D eigenvalue weighted by Gasteiger charge is 2.36. The summed E-state index contributed by atoms with van der Waals surface area (Å²) < 4.78 is 25.3. The van der Waals surface area contributed by atoms with Gasteiger partial charge in [0.15, 0.2) is 5.78 Å². The van der Waals surface area contributed by atoms with Crippen LogP contribution < -0.4 is 0 Å². The molecule has 1 aliphatic carbocycles. The van der Waals surface area contributed by atoms with E-state index in [9.17, 15) is 23.1 Å². The zero-order valence-corrected chi connectivity index (χ0v) is 15.1. The summed E-state index contributed by atoms with van der Waals surface area (Å²) in [6.45, 7) is 1.66. The Hall–Kier alpha value is -2.70. The van der Waals surface area contributed by atoms with Gasteiger partial charge in [0, 0.05) is 24.8 Å². The third-order valence-electron chi connectivity index (χ3n) is 4.63. The van der Waals surface area contributed by atoms with Gasteiger partial charge in [0.05, 0.1) is 16.2 Å². The molecule has 1 aromatic rings. The van der Waals surface area contributed by atoms with E-state index in [0.29, 0.717) is 36.0 Å². The second-order valence-corrected chi connectivity index (χ2v) is 8.08. The maximum Gasteiger partial charge on any atom is 0.214 e. The number of Topliss-reactive ketones (excluding diaryl/α,β-unsaturated/α-hetero) is 1. The van der Waals surface area contributed by atoms with Crippen molar-refractivity contribution in [3.63, 3.8) is 0 Å². The Morgan fingerprint density at radius 3 is 2.62 bits per heavy atom. The smallest absolute Gasteiger partial charge is 0.214 e. The van der Waals surface area contributed by atoms with Crippen LogP contribution in [0.15, 0.2) is 32.8 Å². The van der Waals surface area contributed by atoms with Crippen LogP contribution in [-0.2, 0) is 24.3 Å². The van der Waals surface area contributed by atoms with Crippen molar-refractivity contribution >= 4 is 32.8 Å². The first-order chi connectivity index (χ1) is 12.3. The van der Waals surface area contributed by atoms with E-state index >= 15 is 0 Å². The normalized spacial score (nSPS) is 20.8. The first kappa shape index (κ1) is 18.1. The van der Waals surface area contributed by atoms with Gasteiger partial charge < -0.3 is 9.94 Å². The lowest BCUT2D eigenvalue weighted by molar-refractivity contribution is -0.114. The molecule has 0 saturated carbocycles. The molecule has 1 aliphatic heterocycles. The van der Waals surface area contributed by atoms with Crippen LogP contribution in [0.5, 0.6) is 0 Å². The molecule has 0 amide bonds. The first-order valence-corrected chi connectivity index (χ1v) is 9.50. The van der Waals surface area contributed by atoms with Gasteiger partial charge in [0.2, 0.25) is 9.84 Å². The van der Waals surface area contributed by atoms with Crippen molar-refractivity contribution < 1.29 is 28.0 Å². The Morgan fingerprint density at radius 2 is 2.00 bits per heavy atom. The van der Waals surface area contributed by atoms with Gasteiger partial charge in [-0.3, -0.25) is 4.79 Å². The number of benzene rings is 1. The van der Waals surface area contributed by atoms with E-state index in [-0.39, 0.29) is 34.1 Å². The van der Waals surface area contributed by atoms with Crippen molar-refractivity contribution in [2.45, 2.75) is 37.5 Å². The third kappa shape index (κ3) is 2.67. The maximum absolute atomic E-state index is 12.6. The molecule has 0 saturated heterocycles. The Kier molecular flexibility index (Phi) is 4.56. The molecule has 0 bridgehead atoms. The average Bonchev–Trinajstić information content (AvgIpc) is 2.58. The maximum atomic E-state index is 12.6. The number of carbonyl (C=O) groups is 1. The van der Waals surface area contributed by atoms with Gasteiger partial charge in [-0.15, -0.1) is 0 Å². The largest absolute Gasteiger partial charge is 0.512 e. The number of aliphatic hydroxyl groups excluding tert-OH is 1. The summed E-state index contributed by atoms with van der Waals surface area (Å²) in [5, 5.41) is 14.1. The number of carbonyl (C=O) groups excluding carboxylic acids is 2. The zero-order chi connectivity index (χ0) is 19.1. The number of aliphatic hydroxyl groups is 1. The fraction of sp³-hybridized carbons (Fsp3) is 0.333. The number of hydrogen-bond donors (Lipinski definition) is 1.